The minimum absolute atomic E-state index is 0.0555. The van der Waals surface area contributed by atoms with Crippen LogP contribution in [0.25, 0.3) is 11.1 Å². The average Bonchev–Trinajstić information content (AvgIpc) is 2.78. The monoisotopic (exact) mass is 307 g/mol. The Hall–Kier alpha value is -2.15. The number of carbonyl (C=O) groups is 1. The van der Waals surface area contributed by atoms with Crippen molar-refractivity contribution in [1.29, 1.82) is 0 Å². The van der Waals surface area contributed by atoms with Gasteiger partial charge in [0.1, 0.15) is 24.0 Å². The van der Waals surface area contributed by atoms with Gasteiger partial charge in [-0.3, -0.25) is 14.2 Å². The van der Waals surface area contributed by atoms with Gasteiger partial charge >= 0.3 is 0 Å². The van der Waals surface area contributed by atoms with Gasteiger partial charge in [-0.15, -0.1) is 0 Å². The Balaban J connectivity index is 2.02. The fourth-order valence-electron chi connectivity index (χ4n) is 2.14. The number of nitrogens with zero attached hydrogens (tertiary/aromatic N) is 2. The Morgan fingerprint density at radius 1 is 1.45 bits per heavy atom. The lowest BCUT2D eigenvalue weighted by Gasteiger charge is -2.07. The number of hydrogen-bond acceptors (Lipinski definition) is 5. The van der Waals surface area contributed by atoms with Crippen LogP contribution in [0.3, 0.4) is 0 Å². The summed E-state index contributed by atoms with van der Waals surface area (Å²) < 4.78 is 11.9. The van der Waals surface area contributed by atoms with Gasteiger partial charge in [0.2, 0.25) is 11.6 Å². The molecule has 0 saturated heterocycles. The summed E-state index contributed by atoms with van der Waals surface area (Å²) in [6.07, 6.45) is 2.08. The second kappa shape index (κ2) is 7.22. The van der Waals surface area contributed by atoms with Crippen LogP contribution < -0.4 is 10.9 Å². The molecule has 0 aliphatic carbocycles. The molecule has 0 aliphatic heterocycles. The van der Waals surface area contributed by atoms with E-state index in [4.69, 9.17) is 9.15 Å². The molecule has 0 radical (unpaired) electrons. The van der Waals surface area contributed by atoms with E-state index in [9.17, 15) is 9.59 Å². The van der Waals surface area contributed by atoms with E-state index in [-0.39, 0.29) is 18.0 Å². The van der Waals surface area contributed by atoms with E-state index in [0.717, 1.165) is 12.0 Å². The SMILES string of the molecule is CCOCCCNC(=O)Cn1cnc2oc(C)c(C)c2c1=O. The second-order valence-corrected chi connectivity index (χ2v) is 5.04. The lowest BCUT2D eigenvalue weighted by molar-refractivity contribution is -0.121. The lowest BCUT2D eigenvalue weighted by Crippen LogP contribution is -2.33. The molecule has 7 nitrogen and oxygen atoms in total. The molecule has 0 bridgehead atoms. The first-order valence-electron chi connectivity index (χ1n) is 7.34. The highest BCUT2D eigenvalue weighted by atomic mass is 16.5. The van der Waals surface area contributed by atoms with Crippen LogP contribution in [-0.2, 0) is 16.1 Å². The minimum atomic E-state index is -0.260. The molecule has 0 aliphatic rings. The molecular formula is C15H21N3O4. The molecule has 0 aromatic carbocycles. The highest BCUT2D eigenvalue weighted by molar-refractivity contribution is 5.79. The first-order chi connectivity index (χ1) is 10.5. The molecule has 0 atom stereocenters. The fraction of sp³-hybridized carbons (Fsp3) is 0.533. The summed E-state index contributed by atoms with van der Waals surface area (Å²) in [6.45, 7) is 7.26. The molecule has 2 aromatic heterocycles. The Kier molecular flexibility index (Phi) is 5.32. The van der Waals surface area contributed by atoms with Crippen LogP contribution in [0.2, 0.25) is 0 Å². The minimum Gasteiger partial charge on any atom is -0.443 e. The van der Waals surface area contributed by atoms with Crippen LogP contribution in [0.1, 0.15) is 24.7 Å². The van der Waals surface area contributed by atoms with E-state index >= 15 is 0 Å². The molecule has 2 rings (SSSR count). The summed E-state index contributed by atoms with van der Waals surface area (Å²) in [5, 5.41) is 3.19. The maximum atomic E-state index is 12.4. The number of carbonyl (C=O) groups excluding carboxylic acids is 1. The van der Waals surface area contributed by atoms with Crippen molar-refractivity contribution in [2.75, 3.05) is 19.8 Å². The Morgan fingerprint density at radius 2 is 2.23 bits per heavy atom. The van der Waals surface area contributed by atoms with Crippen LogP contribution in [0, 0.1) is 13.8 Å². The van der Waals surface area contributed by atoms with Crippen LogP contribution in [0.15, 0.2) is 15.5 Å². The first kappa shape index (κ1) is 16.2. The van der Waals surface area contributed by atoms with E-state index in [1.165, 1.54) is 10.9 Å². The van der Waals surface area contributed by atoms with E-state index in [1.54, 1.807) is 6.92 Å². The summed E-state index contributed by atoms with van der Waals surface area (Å²) in [6, 6.07) is 0. The van der Waals surface area contributed by atoms with Crippen molar-refractivity contribution in [3.63, 3.8) is 0 Å². The Bertz CT molecular complexity index is 717. The summed E-state index contributed by atoms with van der Waals surface area (Å²) in [4.78, 5) is 28.3. The zero-order valence-electron chi connectivity index (χ0n) is 13.1. The number of furan rings is 1. The van der Waals surface area contributed by atoms with Crippen LogP contribution in [0.5, 0.6) is 0 Å². The van der Waals surface area contributed by atoms with Gasteiger partial charge in [-0.1, -0.05) is 0 Å². The van der Waals surface area contributed by atoms with Gasteiger partial charge in [-0.25, -0.2) is 4.98 Å². The number of aryl methyl sites for hydroxylation is 2. The zero-order valence-corrected chi connectivity index (χ0v) is 13.1. The zero-order chi connectivity index (χ0) is 16.1. The third-order valence-electron chi connectivity index (χ3n) is 3.46. The number of rotatable bonds is 7. The molecule has 1 amide bonds. The number of fused-ring (bicyclic) bond motifs is 1. The highest BCUT2D eigenvalue weighted by Crippen LogP contribution is 2.18. The van der Waals surface area contributed by atoms with Crippen molar-refractivity contribution in [2.45, 2.75) is 33.7 Å². The molecule has 120 valence electrons. The molecule has 0 saturated carbocycles. The van der Waals surface area contributed by atoms with Crippen molar-refractivity contribution in [3.05, 3.63) is 28.0 Å². The standard InChI is InChI=1S/C15H21N3O4/c1-4-21-7-5-6-16-12(19)8-18-9-17-14-13(15(18)20)10(2)11(3)22-14/h9H,4-8H2,1-3H3,(H,16,19). The molecule has 0 unspecified atom stereocenters. The molecule has 1 N–H and O–H groups in total. The number of aromatic nitrogens is 2. The Morgan fingerprint density at radius 3 is 2.95 bits per heavy atom. The van der Waals surface area contributed by atoms with Crippen LogP contribution in [0.4, 0.5) is 0 Å². The number of ether oxygens (including phenoxy) is 1. The van der Waals surface area contributed by atoms with Gasteiger partial charge < -0.3 is 14.5 Å². The van der Waals surface area contributed by atoms with Crippen LogP contribution in [-0.4, -0.2) is 35.2 Å². The van der Waals surface area contributed by atoms with Gasteiger partial charge in [-0.05, 0) is 27.2 Å². The predicted molar refractivity (Wildman–Crippen MR) is 81.9 cm³/mol. The van der Waals surface area contributed by atoms with E-state index in [2.05, 4.69) is 10.3 Å². The third kappa shape index (κ3) is 3.54. The van der Waals surface area contributed by atoms with Gasteiger partial charge in [0.25, 0.3) is 5.56 Å². The number of amides is 1. The largest absolute Gasteiger partial charge is 0.443 e. The van der Waals surface area contributed by atoms with Crippen molar-refractivity contribution >= 4 is 17.0 Å². The topological polar surface area (TPSA) is 86.4 Å². The predicted octanol–water partition coefficient (Wildman–Crippen LogP) is 1.15. The molecule has 2 heterocycles. The maximum Gasteiger partial charge on any atom is 0.265 e. The first-order valence-corrected chi connectivity index (χ1v) is 7.34. The Labute approximate surface area is 128 Å². The molecule has 7 heteroatoms. The fourth-order valence-corrected chi connectivity index (χ4v) is 2.14. The van der Waals surface area contributed by atoms with Crippen molar-refractivity contribution in [1.82, 2.24) is 14.9 Å². The van der Waals surface area contributed by atoms with E-state index in [0.29, 0.717) is 36.6 Å². The van der Waals surface area contributed by atoms with Crippen molar-refractivity contribution in [2.24, 2.45) is 0 Å². The maximum absolute atomic E-state index is 12.4. The van der Waals surface area contributed by atoms with Gasteiger partial charge in [0.05, 0.1) is 0 Å². The smallest absolute Gasteiger partial charge is 0.265 e. The van der Waals surface area contributed by atoms with Crippen molar-refractivity contribution < 1.29 is 13.9 Å². The van der Waals surface area contributed by atoms with E-state index < -0.39 is 0 Å². The molecule has 22 heavy (non-hydrogen) atoms. The molecule has 2 aromatic rings. The highest BCUT2D eigenvalue weighted by Gasteiger charge is 2.14. The third-order valence-corrected chi connectivity index (χ3v) is 3.46. The van der Waals surface area contributed by atoms with Gasteiger partial charge in [0.15, 0.2) is 0 Å². The van der Waals surface area contributed by atoms with E-state index in [1.807, 2.05) is 13.8 Å². The summed E-state index contributed by atoms with van der Waals surface area (Å²) in [7, 11) is 0. The number of hydrogen-bond donors (Lipinski definition) is 1. The van der Waals surface area contributed by atoms with Gasteiger partial charge in [-0.2, -0.15) is 0 Å². The lowest BCUT2D eigenvalue weighted by atomic mass is 10.2. The molecular weight excluding hydrogens is 286 g/mol. The summed E-state index contributed by atoms with van der Waals surface area (Å²) in [5.41, 5.74) is 0.816. The quantitative estimate of drug-likeness (QED) is 0.775. The molecule has 0 fully saturated rings. The molecule has 0 spiro atoms. The second-order valence-electron chi connectivity index (χ2n) is 5.04. The van der Waals surface area contributed by atoms with Crippen molar-refractivity contribution in [3.8, 4) is 0 Å². The normalized spacial score (nSPS) is 11.0. The summed E-state index contributed by atoms with van der Waals surface area (Å²) >= 11 is 0. The average molecular weight is 307 g/mol. The number of nitrogens with one attached hydrogen (secondary N) is 1. The summed E-state index contributed by atoms with van der Waals surface area (Å²) in [5.74, 6) is 0.440. The van der Waals surface area contributed by atoms with Gasteiger partial charge in [0, 0.05) is 25.3 Å². The van der Waals surface area contributed by atoms with Crippen LogP contribution >= 0.6 is 0 Å².